The number of nitrogens with zero attached hydrogens (tertiary/aromatic N) is 1. The van der Waals surface area contributed by atoms with E-state index >= 15 is 0 Å². The summed E-state index contributed by atoms with van der Waals surface area (Å²) >= 11 is 0. The topological polar surface area (TPSA) is 49.4 Å². The summed E-state index contributed by atoms with van der Waals surface area (Å²) in [4.78, 5) is 26.1. The molecule has 2 aliphatic rings. The van der Waals surface area contributed by atoms with E-state index in [0.717, 1.165) is 25.9 Å². The fourth-order valence-electron chi connectivity index (χ4n) is 2.74. The van der Waals surface area contributed by atoms with E-state index in [0.29, 0.717) is 6.42 Å². The molecule has 2 amide bonds. The molecule has 1 N–H and O–H groups in total. The second kappa shape index (κ2) is 4.41. The number of likely N-dealkylation sites (tertiary alicyclic amines) is 1. The second-order valence-corrected chi connectivity index (χ2v) is 5.82. The number of imide groups is 1. The molecule has 96 valence electrons. The lowest BCUT2D eigenvalue weighted by Gasteiger charge is -2.32. The zero-order valence-corrected chi connectivity index (χ0v) is 11.0. The number of rotatable bonds is 2. The van der Waals surface area contributed by atoms with Crippen LogP contribution in [0.2, 0.25) is 0 Å². The van der Waals surface area contributed by atoms with Crippen LogP contribution in [0.3, 0.4) is 0 Å². The van der Waals surface area contributed by atoms with Crippen molar-refractivity contribution < 1.29 is 9.59 Å². The Morgan fingerprint density at radius 1 is 1.41 bits per heavy atom. The molecule has 0 radical (unpaired) electrons. The molecule has 0 bridgehead atoms. The van der Waals surface area contributed by atoms with Crippen LogP contribution < -0.4 is 5.32 Å². The molecule has 0 saturated carbocycles. The van der Waals surface area contributed by atoms with Gasteiger partial charge in [-0.05, 0) is 32.2 Å². The molecule has 0 aliphatic carbocycles. The van der Waals surface area contributed by atoms with Crippen molar-refractivity contribution in [3.05, 3.63) is 0 Å². The number of hydrogen-bond donors (Lipinski definition) is 1. The molecule has 2 heterocycles. The van der Waals surface area contributed by atoms with E-state index in [1.54, 1.807) is 0 Å². The van der Waals surface area contributed by atoms with Crippen molar-refractivity contribution >= 4 is 11.8 Å². The van der Waals surface area contributed by atoms with Crippen LogP contribution in [0.25, 0.3) is 0 Å². The molecule has 2 fully saturated rings. The molecule has 2 unspecified atom stereocenters. The third-order valence-electron chi connectivity index (χ3n) is 4.40. The lowest BCUT2D eigenvalue weighted by Crippen LogP contribution is -2.50. The molecule has 0 spiro atoms. The first-order valence-corrected chi connectivity index (χ1v) is 6.54. The first-order valence-electron chi connectivity index (χ1n) is 6.54. The standard InChI is InChI=1S/C13H22N2O2/c1-9(2)13(3)7-11(16)15(12(13)17)10-5-4-6-14-8-10/h9-10,14H,4-8H2,1-3H3. The normalized spacial score (nSPS) is 34.8. The van der Waals surface area contributed by atoms with Crippen molar-refractivity contribution in [2.75, 3.05) is 13.1 Å². The van der Waals surface area contributed by atoms with Gasteiger partial charge in [0, 0.05) is 13.0 Å². The highest BCUT2D eigenvalue weighted by molar-refractivity contribution is 6.06. The summed E-state index contributed by atoms with van der Waals surface area (Å²) in [5.74, 6) is 0.256. The van der Waals surface area contributed by atoms with Gasteiger partial charge in [0.15, 0.2) is 0 Å². The summed E-state index contributed by atoms with van der Waals surface area (Å²) in [5.41, 5.74) is -0.492. The van der Waals surface area contributed by atoms with Crippen LogP contribution >= 0.6 is 0 Å². The van der Waals surface area contributed by atoms with Crippen molar-refractivity contribution in [2.45, 2.75) is 46.1 Å². The Balaban J connectivity index is 2.19. The number of amides is 2. The summed E-state index contributed by atoms with van der Waals surface area (Å²) in [6.07, 6.45) is 2.36. The van der Waals surface area contributed by atoms with E-state index in [9.17, 15) is 9.59 Å². The van der Waals surface area contributed by atoms with Crippen LogP contribution in [0.5, 0.6) is 0 Å². The van der Waals surface area contributed by atoms with Gasteiger partial charge in [0.2, 0.25) is 11.8 Å². The molecule has 2 saturated heterocycles. The van der Waals surface area contributed by atoms with Crippen LogP contribution in [0.4, 0.5) is 0 Å². The zero-order valence-electron chi connectivity index (χ0n) is 11.0. The third kappa shape index (κ3) is 1.99. The Kier molecular flexibility index (Phi) is 3.25. The molecule has 0 aromatic rings. The summed E-state index contributed by atoms with van der Waals surface area (Å²) in [7, 11) is 0. The summed E-state index contributed by atoms with van der Waals surface area (Å²) < 4.78 is 0. The fourth-order valence-corrected chi connectivity index (χ4v) is 2.74. The maximum atomic E-state index is 12.5. The fraction of sp³-hybridized carbons (Fsp3) is 0.846. The van der Waals surface area contributed by atoms with E-state index in [-0.39, 0.29) is 23.8 Å². The predicted molar refractivity (Wildman–Crippen MR) is 65.3 cm³/mol. The number of carbonyl (C=O) groups is 2. The Labute approximate surface area is 103 Å². The van der Waals surface area contributed by atoms with Crippen molar-refractivity contribution in [2.24, 2.45) is 11.3 Å². The Hall–Kier alpha value is -0.900. The molecule has 2 rings (SSSR count). The maximum absolute atomic E-state index is 12.5. The van der Waals surface area contributed by atoms with Gasteiger partial charge in [0.05, 0.1) is 11.5 Å². The van der Waals surface area contributed by atoms with Gasteiger partial charge in [0.1, 0.15) is 0 Å². The number of hydrogen-bond acceptors (Lipinski definition) is 3. The minimum atomic E-state index is -0.492. The average Bonchev–Trinajstić information content (AvgIpc) is 2.52. The highest BCUT2D eigenvalue weighted by Gasteiger charge is 2.51. The molecule has 17 heavy (non-hydrogen) atoms. The third-order valence-corrected chi connectivity index (χ3v) is 4.40. The van der Waals surface area contributed by atoms with Gasteiger partial charge in [-0.25, -0.2) is 0 Å². The summed E-state index contributed by atoms with van der Waals surface area (Å²) in [6.45, 7) is 7.72. The van der Waals surface area contributed by atoms with Gasteiger partial charge in [-0.1, -0.05) is 13.8 Å². The van der Waals surface area contributed by atoms with Crippen molar-refractivity contribution in [3.8, 4) is 0 Å². The molecule has 4 nitrogen and oxygen atoms in total. The zero-order chi connectivity index (χ0) is 12.6. The first kappa shape index (κ1) is 12.6. The van der Waals surface area contributed by atoms with Gasteiger partial charge < -0.3 is 5.32 Å². The van der Waals surface area contributed by atoms with Gasteiger partial charge in [-0.15, -0.1) is 0 Å². The Morgan fingerprint density at radius 2 is 2.12 bits per heavy atom. The van der Waals surface area contributed by atoms with E-state index in [1.807, 2.05) is 20.8 Å². The average molecular weight is 238 g/mol. The molecule has 0 aromatic carbocycles. The minimum Gasteiger partial charge on any atom is -0.315 e. The molecular weight excluding hydrogens is 216 g/mol. The molecule has 0 aromatic heterocycles. The molecular formula is C13H22N2O2. The van der Waals surface area contributed by atoms with E-state index in [4.69, 9.17) is 0 Å². The SMILES string of the molecule is CC(C)C1(C)CC(=O)N(C2CCCNC2)C1=O. The molecule has 4 heteroatoms. The number of piperidine rings is 1. The highest BCUT2D eigenvalue weighted by Crippen LogP contribution is 2.40. The van der Waals surface area contributed by atoms with Crippen LogP contribution in [0.1, 0.15) is 40.0 Å². The highest BCUT2D eigenvalue weighted by atomic mass is 16.2. The quantitative estimate of drug-likeness (QED) is 0.734. The lowest BCUT2D eigenvalue weighted by molar-refractivity contribution is -0.145. The van der Waals surface area contributed by atoms with Crippen LogP contribution in [0.15, 0.2) is 0 Å². The van der Waals surface area contributed by atoms with Crippen LogP contribution in [-0.2, 0) is 9.59 Å². The van der Waals surface area contributed by atoms with Gasteiger partial charge >= 0.3 is 0 Å². The second-order valence-electron chi connectivity index (χ2n) is 5.82. The monoisotopic (exact) mass is 238 g/mol. The van der Waals surface area contributed by atoms with Crippen molar-refractivity contribution in [3.63, 3.8) is 0 Å². The molecule has 2 atom stereocenters. The lowest BCUT2D eigenvalue weighted by atomic mass is 9.78. The van der Waals surface area contributed by atoms with Gasteiger partial charge in [0.25, 0.3) is 0 Å². The Morgan fingerprint density at radius 3 is 2.59 bits per heavy atom. The van der Waals surface area contributed by atoms with E-state index in [1.165, 1.54) is 4.90 Å². The Bertz CT molecular complexity index is 334. The summed E-state index contributed by atoms with van der Waals surface area (Å²) in [5, 5.41) is 3.26. The smallest absolute Gasteiger partial charge is 0.236 e. The first-order chi connectivity index (χ1) is 7.97. The van der Waals surface area contributed by atoms with Gasteiger partial charge in [-0.3, -0.25) is 14.5 Å². The largest absolute Gasteiger partial charge is 0.315 e. The summed E-state index contributed by atoms with van der Waals surface area (Å²) in [6, 6.07) is 0.0734. The number of carbonyl (C=O) groups excluding carboxylic acids is 2. The van der Waals surface area contributed by atoms with E-state index < -0.39 is 5.41 Å². The van der Waals surface area contributed by atoms with Crippen LogP contribution in [0, 0.1) is 11.3 Å². The van der Waals surface area contributed by atoms with Crippen molar-refractivity contribution in [1.29, 1.82) is 0 Å². The van der Waals surface area contributed by atoms with Gasteiger partial charge in [-0.2, -0.15) is 0 Å². The maximum Gasteiger partial charge on any atom is 0.236 e. The van der Waals surface area contributed by atoms with E-state index in [2.05, 4.69) is 5.32 Å². The number of nitrogens with one attached hydrogen (secondary N) is 1. The molecule has 2 aliphatic heterocycles. The predicted octanol–water partition coefficient (Wildman–Crippen LogP) is 1.16. The van der Waals surface area contributed by atoms with Crippen LogP contribution in [-0.4, -0.2) is 35.8 Å². The van der Waals surface area contributed by atoms with Crippen molar-refractivity contribution in [1.82, 2.24) is 10.2 Å². The minimum absolute atomic E-state index is 0.0138.